The van der Waals surface area contributed by atoms with Crippen LogP contribution in [0.4, 0.5) is 35.5 Å². The van der Waals surface area contributed by atoms with Crippen molar-refractivity contribution in [3.63, 3.8) is 0 Å². The quantitative estimate of drug-likeness (QED) is 0.155. The summed E-state index contributed by atoms with van der Waals surface area (Å²) in [6.07, 6.45) is -10.2. The molecule has 1 aliphatic carbocycles. The number of alkyl halides is 6. The normalized spacial score (nSPS) is 20.4. The summed E-state index contributed by atoms with van der Waals surface area (Å²) in [4.78, 5) is 26.4. The summed E-state index contributed by atoms with van der Waals surface area (Å²) in [6.45, 7) is 9.66. The zero-order chi connectivity index (χ0) is 36.6. The number of amides is 1. The van der Waals surface area contributed by atoms with Crippen molar-refractivity contribution in [2.45, 2.75) is 71.5 Å². The van der Waals surface area contributed by atoms with Crippen LogP contribution in [0.1, 0.15) is 62.9 Å². The van der Waals surface area contributed by atoms with Crippen molar-refractivity contribution in [2.75, 3.05) is 13.7 Å². The second-order valence-electron chi connectivity index (χ2n) is 13.0. The molecule has 49 heavy (non-hydrogen) atoms. The van der Waals surface area contributed by atoms with E-state index in [1.165, 1.54) is 37.1 Å². The number of nitrogens with zero attached hydrogens (tertiary/aromatic N) is 1. The first kappa shape index (κ1) is 37.8. The molecule has 2 aliphatic rings. The van der Waals surface area contributed by atoms with Gasteiger partial charge in [-0.15, -0.1) is 0 Å². The fourth-order valence-electron chi connectivity index (χ4n) is 6.01. The van der Waals surface area contributed by atoms with Crippen molar-refractivity contribution >= 4 is 29.2 Å². The van der Waals surface area contributed by atoms with Crippen LogP contribution in [0, 0.1) is 11.2 Å². The SMILES string of the molecule is C=C(/C=C(\C=C(/C)C(F)(F)F)C(F)(F)F)[C@H]1OC(=O)N(CC2=C(c3cc(-c4ccc(C(=O)OC)cc4Cl)ccc3F)CCC(C)(C)C2)[C@H]1C. The van der Waals surface area contributed by atoms with E-state index in [4.69, 9.17) is 21.1 Å². The van der Waals surface area contributed by atoms with E-state index in [2.05, 4.69) is 6.58 Å². The van der Waals surface area contributed by atoms with E-state index in [-0.39, 0.29) is 39.8 Å². The molecule has 4 rings (SSSR count). The van der Waals surface area contributed by atoms with Crippen molar-refractivity contribution < 1.29 is 49.8 Å². The molecular formula is C36H35ClF7NO4. The van der Waals surface area contributed by atoms with Gasteiger partial charge < -0.3 is 9.47 Å². The minimum Gasteiger partial charge on any atom is -0.465 e. The largest absolute Gasteiger partial charge is 0.465 e. The lowest BCUT2D eigenvalue weighted by atomic mass is 9.72. The molecule has 0 spiro atoms. The van der Waals surface area contributed by atoms with Gasteiger partial charge in [0, 0.05) is 28.3 Å². The van der Waals surface area contributed by atoms with E-state index in [0.717, 1.165) is 0 Å². The fraction of sp³-hybridized carbons (Fsp3) is 0.389. The van der Waals surface area contributed by atoms with Crippen LogP contribution < -0.4 is 0 Å². The lowest BCUT2D eigenvalue weighted by Crippen LogP contribution is -2.37. The number of halogens is 8. The van der Waals surface area contributed by atoms with Crippen LogP contribution >= 0.6 is 11.6 Å². The number of methoxy groups -OCH3 is 1. The lowest BCUT2D eigenvalue weighted by Gasteiger charge is -2.35. The Morgan fingerprint density at radius 1 is 1.08 bits per heavy atom. The predicted octanol–water partition coefficient (Wildman–Crippen LogP) is 10.7. The third-order valence-corrected chi connectivity index (χ3v) is 9.08. The fourth-order valence-corrected chi connectivity index (χ4v) is 6.30. The second kappa shape index (κ2) is 14.0. The Kier molecular flexibility index (Phi) is 10.8. The number of benzene rings is 2. The minimum atomic E-state index is -5.14. The molecule has 0 aromatic heterocycles. The molecule has 13 heteroatoms. The molecule has 0 radical (unpaired) electrons. The number of carbonyl (C=O) groups is 2. The highest BCUT2D eigenvalue weighted by atomic mass is 35.5. The molecule has 1 aliphatic heterocycles. The molecule has 5 nitrogen and oxygen atoms in total. The summed E-state index contributed by atoms with van der Waals surface area (Å²) in [5.74, 6) is -1.09. The van der Waals surface area contributed by atoms with Crippen molar-refractivity contribution in [2.24, 2.45) is 5.41 Å². The number of rotatable bonds is 8. The topological polar surface area (TPSA) is 55.8 Å². The summed E-state index contributed by atoms with van der Waals surface area (Å²) in [5, 5.41) is 0.242. The Bertz CT molecular complexity index is 1750. The predicted molar refractivity (Wildman–Crippen MR) is 172 cm³/mol. The van der Waals surface area contributed by atoms with E-state index in [0.29, 0.717) is 54.5 Å². The van der Waals surface area contributed by atoms with Crippen LogP contribution in [0.3, 0.4) is 0 Å². The number of cyclic esters (lactones) is 1. The Balaban J connectivity index is 1.70. The molecule has 2 atom stereocenters. The molecule has 1 fully saturated rings. The van der Waals surface area contributed by atoms with Gasteiger partial charge in [0.25, 0.3) is 0 Å². The van der Waals surface area contributed by atoms with Crippen molar-refractivity contribution in [3.05, 3.63) is 99.4 Å². The second-order valence-corrected chi connectivity index (χ2v) is 13.4. The smallest absolute Gasteiger partial charge is 0.416 e. The van der Waals surface area contributed by atoms with Crippen LogP contribution in [-0.4, -0.2) is 55.1 Å². The zero-order valence-corrected chi connectivity index (χ0v) is 28.2. The molecule has 1 heterocycles. The molecule has 2 aromatic rings. The Morgan fingerprint density at radius 2 is 1.76 bits per heavy atom. The van der Waals surface area contributed by atoms with E-state index < -0.39 is 53.5 Å². The number of hydrogen-bond acceptors (Lipinski definition) is 4. The molecule has 0 saturated carbocycles. The van der Waals surface area contributed by atoms with Gasteiger partial charge in [-0.3, -0.25) is 4.90 Å². The summed E-state index contributed by atoms with van der Waals surface area (Å²) >= 11 is 6.50. The van der Waals surface area contributed by atoms with Gasteiger partial charge >= 0.3 is 24.4 Å². The van der Waals surface area contributed by atoms with Gasteiger partial charge in [0.05, 0.1) is 24.3 Å². The Morgan fingerprint density at radius 3 is 2.35 bits per heavy atom. The van der Waals surface area contributed by atoms with Crippen LogP contribution in [-0.2, 0) is 9.47 Å². The molecule has 1 amide bonds. The molecule has 0 bridgehead atoms. The van der Waals surface area contributed by atoms with E-state index in [1.807, 2.05) is 13.8 Å². The number of hydrogen-bond donors (Lipinski definition) is 0. The summed E-state index contributed by atoms with van der Waals surface area (Å²) < 4.78 is 106. The molecule has 0 N–H and O–H groups in total. The maximum absolute atomic E-state index is 15.6. The lowest BCUT2D eigenvalue weighted by molar-refractivity contribution is -0.0954. The van der Waals surface area contributed by atoms with Gasteiger partial charge in [0.1, 0.15) is 11.9 Å². The first-order chi connectivity index (χ1) is 22.6. The van der Waals surface area contributed by atoms with Gasteiger partial charge in [-0.25, -0.2) is 14.0 Å². The van der Waals surface area contributed by atoms with Crippen LogP contribution in [0.25, 0.3) is 16.7 Å². The first-order valence-corrected chi connectivity index (χ1v) is 15.6. The minimum absolute atomic E-state index is 0.0189. The summed E-state index contributed by atoms with van der Waals surface area (Å²) in [7, 11) is 1.24. The summed E-state index contributed by atoms with van der Waals surface area (Å²) in [6, 6.07) is 8.23. The Hall–Kier alpha value is -4.06. The number of carbonyl (C=O) groups excluding carboxylic acids is 2. The molecule has 264 valence electrons. The zero-order valence-electron chi connectivity index (χ0n) is 27.4. The highest BCUT2D eigenvalue weighted by Gasteiger charge is 2.43. The van der Waals surface area contributed by atoms with Crippen molar-refractivity contribution in [1.29, 1.82) is 0 Å². The molecule has 2 aromatic carbocycles. The molecule has 0 unspecified atom stereocenters. The van der Waals surface area contributed by atoms with Crippen LogP contribution in [0.5, 0.6) is 0 Å². The Labute approximate surface area is 284 Å². The third-order valence-electron chi connectivity index (χ3n) is 8.77. The third kappa shape index (κ3) is 8.57. The maximum Gasteiger partial charge on any atom is 0.416 e. The van der Waals surface area contributed by atoms with Crippen molar-refractivity contribution in [3.8, 4) is 11.1 Å². The maximum atomic E-state index is 15.6. The highest BCUT2D eigenvalue weighted by molar-refractivity contribution is 6.33. The number of allylic oxidation sites excluding steroid dienone is 4. The summed E-state index contributed by atoms with van der Waals surface area (Å²) in [5.41, 5.74) is -0.635. The molecule has 1 saturated heterocycles. The van der Waals surface area contributed by atoms with Crippen LogP contribution in [0.15, 0.2) is 77.4 Å². The van der Waals surface area contributed by atoms with E-state index in [9.17, 15) is 35.9 Å². The van der Waals surface area contributed by atoms with Gasteiger partial charge in [-0.05, 0) is 97.2 Å². The standard InChI is InChI=1S/C36H35ClF7NO4/c1-19(13-25(36(42,43)44)14-20(2)35(39,40)41)31-21(3)45(33(47)49-31)18-24-17-34(4,5)12-11-26(24)28-15-22(8-10-30(28)38)27-9-7-23(16-29(27)37)32(46)48-6/h7-10,13-16,21,31H,1,11-12,17-18H2,2-6H3/b20-14+,25-13+/t21-,31+/m0/s1. The van der Waals surface area contributed by atoms with Crippen molar-refractivity contribution in [1.82, 2.24) is 4.90 Å². The highest BCUT2D eigenvalue weighted by Crippen LogP contribution is 2.45. The van der Waals surface area contributed by atoms with Crippen LogP contribution in [0.2, 0.25) is 5.02 Å². The van der Waals surface area contributed by atoms with Gasteiger partial charge in [-0.1, -0.05) is 44.2 Å². The van der Waals surface area contributed by atoms with Gasteiger partial charge in [0.2, 0.25) is 0 Å². The van der Waals surface area contributed by atoms with Gasteiger partial charge in [-0.2, -0.15) is 26.3 Å². The number of esters is 1. The number of ether oxygens (including phenoxy) is 2. The first-order valence-electron chi connectivity index (χ1n) is 15.2. The average Bonchev–Trinajstić information content (AvgIpc) is 3.28. The average molecular weight is 714 g/mol. The monoisotopic (exact) mass is 713 g/mol. The van der Waals surface area contributed by atoms with Gasteiger partial charge in [0.15, 0.2) is 0 Å². The molecular weight excluding hydrogens is 679 g/mol. The van der Waals surface area contributed by atoms with E-state index >= 15 is 4.39 Å². The van der Waals surface area contributed by atoms with E-state index in [1.54, 1.807) is 18.2 Å².